The molecule has 0 unspecified atom stereocenters. The van der Waals surface area contributed by atoms with Crippen molar-refractivity contribution in [1.29, 1.82) is 0 Å². The molecule has 3 aromatic heterocycles. The van der Waals surface area contributed by atoms with Crippen LogP contribution in [0.25, 0.3) is 87.0 Å². The maximum Gasteiger partial charge on any atom is 0.165 e. The van der Waals surface area contributed by atoms with E-state index in [4.69, 9.17) is 19.4 Å². The highest BCUT2D eigenvalue weighted by Gasteiger charge is 2.17. The molecule has 4 nitrogen and oxygen atoms in total. The Morgan fingerprint density at radius 2 is 1.12 bits per heavy atom. The van der Waals surface area contributed by atoms with E-state index in [0.717, 1.165) is 44.0 Å². The lowest BCUT2D eigenvalue weighted by Gasteiger charge is -2.10. The number of rotatable bonds is 3. The number of benzene rings is 6. The Morgan fingerprint density at radius 1 is 0.452 bits per heavy atom. The van der Waals surface area contributed by atoms with Gasteiger partial charge >= 0.3 is 0 Å². The fraction of sp³-hybridized carbons (Fsp3) is 0. The first-order chi connectivity index (χ1) is 20.8. The van der Waals surface area contributed by atoms with Gasteiger partial charge in [-0.15, -0.1) is 11.3 Å². The summed E-state index contributed by atoms with van der Waals surface area (Å²) in [7, 11) is 0. The topological polar surface area (TPSA) is 51.8 Å². The molecule has 42 heavy (non-hydrogen) atoms. The van der Waals surface area contributed by atoms with Gasteiger partial charge in [0.25, 0.3) is 0 Å². The lowest BCUT2D eigenvalue weighted by molar-refractivity contribution is 0.669. The molecule has 3 heterocycles. The maximum absolute atomic E-state index is 6.21. The number of para-hydroxylation sites is 1. The number of furan rings is 1. The molecule has 0 fully saturated rings. The van der Waals surface area contributed by atoms with E-state index in [1.165, 1.54) is 25.6 Å². The molecule has 5 heteroatoms. The van der Waals surface area contributed by atoms with E-state index >= 15 is 0 Å². The molecule has 0 saturated heterocycles. The number of nitrogens with zero attached hydrogens (tertiary/aromatic N) is 3. The van der Waals surface area contributed by atoms with Gasteiger partial charge in [0.15, 0.2) is 17.5 Å². The lowest BCUT2D eigenvalue weighted by Crippen LogP contribution is -2.00. The number of fused-ring (bicyclic) bond motifs is 7. The Bertz CT molecular complexity index is 2490. The second-order valence-electron chi connectivity index (χ2n) is 10.5. The maximum atomic E-state index is 6.21. The van der Waals surface area contributed by atoms with Crippen LogP contribution in [-0.2, 0) is 0 Å². The van der Waals surface area contributed by atoms with E-state index < -0.39 is 0 Å². The van der Waals surface area contributed by atoms with Crippen LogP contribution >= 0.6 is 11.3 Å². The molecular formula is C37H21N3OS. The van der Waals surface area contributed by atoms with E-state index in [9.17, 15) is 0 Å². The molecule has 0 spiro atoms. The zero-order chi connectivity index (χ0) is 27.6. The molecule has 0 aliphatic rings. The standard InChI is InChI=1S/C37H21N3OS/c1-2-9-23-20-24(17-16-22(23)8-1)35-38-36(25-18-19-27-26-10-3-5-14-31(26)41-32(27)21-25)40-37(39-35)30-13-7-12-29-28-11-4-6-15-33(28)42-34(29)30/h1-21H. The molecule has 0 saturated carbocycles. The highest BCUT2D eigenvalue weighted by Crippen LogP contribution is 2.40. The minimum absolute atomic E-state index is 0.614. The fourth-order valence-corrected chi connectivity index (χ4v) is 7.08. The highest BCUT2D eigenvalue weighted by atomic mass is 32.1. The minimum atomic E-state index is 0.614. The third kappa shape index (κ3) is 3.64. The molecule has 0 N–H and O–H groups in total. The second kappa shape index (κ2) is 9.06. The van der Waals surface area contributed by atoms with Gasteiger partial charge in [-0.3, -0.25) is 0 Å². The first-order valence-corrected chi connectivity index (χ1v) is 14.7. The minimum Gasteiger partial charge on any atom is -0.456 e. The molecule has 6 aromatic carbocycles. The highest BCUT2D eigenvalue weighted by molar-refractivity contribution is 7.26. The molecule has 0 radical (unpaired) electrons. The van der Waals surface area contributed by atoms with E-state index in [1.807, 2.05) is 24.3 Å². The Balaban J connectivity index is 1.29. The van der Waals surface area contributed by atoms with E-state index in [2.05, 4.69) is 103 Å². The number of hydrogen-bond donors (Lipinski definition) is 0. The third-order valence-electron chi connectivity index (χ3n) is 7.93. The number of hydrogen-bond acceptors (Lipinski definition) is 5. The molecule has 0 aliphatic carbocycles. The van der Waals surface area contributed by atoms with Gasteiger partial charge < -0.3 is 4.42 Å². The Kier molecular flexibility index (Phi) is 5.03. The summed E-state index contributed by atoms with van der Waals surface area (Å²) in [5, 5.41) is 6.97. The number of thiophene rings is 1. The zero-order valence-electron chi connectivity index (χ0n) is 22.3. The normalized spacial score (nSPS) is 11.8. The summed E-state index contributed by atoms with van der Waals surface area (Å²) < 4.78 is 8.64. The van der Waals surface area contributed by atoms with Gasteiger partial charge in [0, 0.05) is 47.6 Å². The largest absolute Gasteiger partial charge is 0.456 e. The molecule has 0 atom stereocenters. The van der Waals surface area contributed by atoms with E-state index in [1.54, 1.807) is 11.3 Å². The van der Waals surface area contributed by atoms with Crippen molar-refractivity contribution in [3.8, 4) is 34.2 Å². The fourth-order valence-electron chi connectivity index (χ4n) is 5.87. The van der Waals surface area contributed by atoms with Gasteiger partial charge in [-0.25, -0.2) is 15.0 Å². The second-order valence-corrected chi connectivity index (χ2v) is 11.5. The summed E-state index contributed by atoms with van der Waals surface area (Å²) in [6, 6.07) is 44.0. The summed E-state index contributed by atoms with van der Waals surface area (Å²) in [4.78, 5) is 15.2. The van der Waals surface area contributed by atoms with Gasteiger partial charge in [-0.1, -0.05) is 91.0 Å². The molecular weight excluding hydrogens is 534 g/mol. The predicted molar refractivity (Wildman–Crippen MR) is 174 cm³/mol. The molecule has 9 rings (SSSR count). The van der Waals surface area contributed by atoms with E-state index in [0.29, 0.717) is 17.5 Å². The molecule has 196 valence electrons. The monoisotopic (exact) mass is 555 g/mol. The van der Waals surface area contributed by atoms with Crippen LogP contribution in [0.4, 0.5) is 0 Å². The van der Waals surface area contributed by atoms with Crippen LogP contribution in [-0.4, -0.2) is 15.0 Å². The third-order valence-corrected chi connectivity index (χ3v) is 9.15. The smallest absolute Gasteiger partial charge is 0.165 e. The van der Waals surface area contributed by atoms with E-state index in [-0.39, 0.29) is 0 Å². The SMILES string of the molecule is c1ccc2cc(-c3nc(-c4ccc5c(c4)oc4ccccc45)nc(-c4cccc5c4sc4ccccc45)n3)ccc2c1. The van der Waals surface area contributed by atoms with Gasteiger partial charge in [0.05, 0.1) is 0 Å². The van der Waals surface area contributed by atoms with Crippen molar-refractivity contribution in [1.82, 2.24) is 15.0 Å². The van der Waals surface area contributed by atoms with Crippen molar-refractivity contribution in [2.45, 2.75) is 0 Å². The van der Waals surface area contributed by atoms with Crippen LogP contribution in [0.1, 0.15) is 0 Å². The van der Waals surface area contributed by atoms with Crippen molar-refractivity contribution in [3.05, 3.63) is 127 Å². The molecule has 0 aliphatic heterocycles. The van der Waals surface area contributed by atoms with Crippen LogP contribution in [0.3, 0.4) is 0 Å². The van der Waals surface area contributed by atoms with Crippen LogP contribution in [0, 0.1) is 0 Å². The Morgan fingerprint density at radius 3 is 2.02 bits per heavy atom. The lowest BCUT2D eigenvalue weighted by atomic mass is 10.1. The van der Waals surface area contributed by atoms with Crippen molar-refractivity contribution < 1.29 is 4.42 Å². The summed E-state index contributed by atoms with van der Waals surface area (Å²) in [6.07, 6.45) is 0. The summed E-state index contributed by atoms with van der Waals surface area (Å²) in [5.74, 6) is 1.91. The van der Waals surface area contributed by atoms with Crippen LogP contribution in [0.5, 0.6) is 0 Å². The van der Waals surface area contributed by atoms with Crippen LogP contribution in [0.2, 0.25) is 0 Å². The average molecular weight is 556 g/mol. The van der Waals surface area contributed by atoms with Crippen molar-refractivity contribution >= 4 is 64.2 Å². The van der Waals surface area contributed by atoms with Gasteiger partial charge in [0.1, 0.15) is 11.2 Å². The number of aromatic nitrogens is 3. The Hall–Kier alpha value is -5.39. The quantitative estimate of drug-likeness (QED) is 0.218. The predicted octanol–water partition coefficient (Wildman–Crippen LogP) is 10.3. The average Bonchev–Trinajstić information content (AvgIpc) is 3.62. The Labute approximate surface area is 244 Å². The summed E-state index contributed by atoms with van der Waals surface area (Å²) in [6.45, 7) is 0. The molecule has 9 aromatic rings. The molecule has 0 bridgehead atoms. The zero-order valence-corrected chi connectivity index (χ0v) is 23.1. The first-order valence-electron chi connectivity index (χ1n) is 13.9. The van der Waals surface area contributed by atoms with Gasteiger partial charge in [-0.2, -0.15) is 0 Å². The van der Waals surface area contributed by atoms with Gasteiger partial charge in [0.2, 0.25) is 0 Å². The van der Waals surface area contributed by atoms with Crippen LogP contribution in [0.15, 0.2) is 132 Å². The van der Waals surface area contributed by atoms with Crippen molar-refractivity contribution in [2.24, 2.45) is 0 Å². The van der Waals surface area contributed by atoms with Crippen molar-refractivity contribution in [3.63, 3.8) is 0 Å². The van der Waals surface area contributed by atoms with Crippen molar-refractivity contribution in [2.75, 3.05) is 0 Å². The van der Waals surface area contributed by atoms with Crippen LogP contribution < -0.4 is 0 Å². The summed E-state index contributed by atoms with van der Waals surface area (Å²) in [5.41, 5.74) is 4.52. The summed E-state index contributed by atoms with van der Waals surface area (Å²) >= 11 is 1.78. The first kappa shape index (κ1) is 23.3. The molecule has 0 amide bonds. The van der Waals surface area contributed by atoms with Gasteiger partial charge in [-0.05, 0) is 47.2 Å².